The molecule has 5 aromatic heterocycles. The molecule has 0 spiro atoms. The van der Waals surface area contributed by atoms with E-state index < -0.39 is 52.9 Å². The number of halogens is 4. The molecule has 0 fully saturated rings. The van der Waals surface area contributed by atoms with Crippen LogP contribution < -0.4 is 21.3 Å². The van der Waals surface area contributed by atoms with Crippen molar-refractivity contribution in [3.8, 4) is 22.8 Å². The van der Waals surface area contributed by atoms with Crippen LogP contribution in [0.2, 0.25) is 0 Å². The smallest absolute Gasteiger partial charge is 0.335 e. The number of fused-ring (bicyclic) bond motifs is 4. The van der Waals surface area contributed by atoms with Gasteiger partial charge in [0.2, 0.25) is 0 Å². The van der Waals surface area contributed by atoms with Crippen LogP contribution in [0, 0.1) is 49.5 Å². The van der Waals surface area contributed by atoms with Gasteiger partial charge in [-0.25, -0.2) is 41.4 Å². The second-order valence-electron chi connectivity index (χ2n) is 18.5. The maximum Gasteiger partial charge on any atom is 0.335 e. The maximum atomic E-state index is 13.7. The van der Waals surface area contributed by atoms with Gasteiger partial charge in [-0.05, 0) is 132 Å². The normalized spacial score (nSPS) is 14.2. The van der Waals surface area contributed by atoms with Crippen molar-refractivity contribution in [2.24, 2.45) is 0 Å². The quantitative estimate of drug-likeness (QED) is 0.0580. The number of hydrogen-bond acceptors (Lipinski definition) is 10. The van der Waals surface area contributed by atoms with Gasteiger partial charge in [0.05, 0.1) is 35.6 Å². The molecule has 392 valence electrons. The number of carboxylic acids is 1. The van der Waals surface area contributed by atoms with E-state index in [9.17, 15) is 46.6 Å². The Bertz CT molecular complexity index is 3960. The van der Waals surface area contributed by atoms with E-state index in [2.05, 4.69) is 47.4 Å². The summed E-state index contributed by atoms with van der Waals surface area (Å²) < 4.78 is 56.3. The van der Waals surface area contributed by atoms with Gasteiger partial charge in [-0.15, -0.1) is 17.8 Å². The summed E-state index contributed by atoms with van der Waals surface area (Å²) in [6.45, 7) is 3.62. The van der Waals surface area contributed by atoms with Gasteiger partial charge in [0.15, 0.2) is 34.6 Å². The Morgan fingerprint density at radius 1 is 0.679 bits per heavy atom. The van der Waals surface area contributed by atoms with Gasteiger partial charge in [-0.3, -0.25) is 19.2 Å². The summed E-state index contributed by atoms with van der Waals surface area (Å²) in [5.74, 6) is -4.37. The van der Waals surface area contributed by atoms with E-state index in [-0.39, 0.29) is 53.5 Å². The molecule has 11 rings (SSSR count). The first-order valence-electron chi connectivity index (χ1n) is 24.3. The van der Waals surface area contributed by atoms with Crippen LogP contribution in [0.25, 0.3) is 21.7 Å². The molecule has 0 aliphatic heterocycles. The predicted molar refractivity (Wildman–Crippen MR) is 279 cm³/mol. The minimum atomic E-state index is -1.03. The molecule has 5 N–H and O–H groups in total. The fourth-order valence-electron chi connectivity index (χ4n) is 9.80. The van der Waals surface area contributed by atoms with Gasteiger partial charge in [0, 0.05) is 41.7 Å². The molecule has 78 heavy (non-hydrogen) atoms. The Balaban J connectivity index is 0.000000179. The molecule has 21 heteroatoms. The number of amides is 4. The summed E-state index contributed by atoms with van der Waals surface area (Å²) in [5, 5.41) is 31.3. The van der Waals surface area contributed by atoms with E-state index in [4.69, 9.17) is 6.42 Å². The minimum Gasteiger partial charge on any atom is -0.478 e. The molecule has 16 nitrogen and oxygen atoms in total. The molecule has 4 aromatic carbocycles. The van der Waals surface area contributed by atoms with Crippen molar-refractivity contribution < 1.29 is 46.6 Å². The highest BCUT2D eigenvalue weighted by Crippen LogP contribution is 2.37. The van der Waals surface area contributed by atoms with Crippen LogP contribution in [-0.4, -0.2) is 63.9 Å². The number of nitrogens with one attached hydrogen (secondary N) is 4. The molecule has 0 saturated heterocycles. The molecule has 2 atom stereocenters. The van der Waals surface area contributed by atoms with Gasteiger partial charge in [-0.1, -0.05) is 36.3 Å². The number of aromatic carboxylic acids is 1. The van der Waals surface area contributed by atoms with E-state index in [1.807, 2.05) is 36.6 Å². The molecule has 9 aromatic rings. The van der Waals surface area contributed by atoms with Crippen molar-refractivity contribution in [3.63, 3.8) is 0 Å². The first kappa shape index (κ1) is 51.9. The first-order chi connectivity index (χ1) is 37.6. The first-order valence-corrected chi connectivity index (χ1v) is 25.2. The number of nitrogens with zero attached hydrogens (tertiary/aromatic N) is 6. The van der Waals surface area contributed by atoms with Crippen LogP contribution in [0.5, 0.6) is 0 Å². The van der Waals surface area contributed by atoms with Crippen LogP contribution in [0.1, 0.15) is 127 Å². The average molecular weight is 1070 g/mol. The lowest BCUT2D eigenvalue weighted by atomic mass is 9.98. The van der Waals surface area contributed by atoms with E-state index in [0.717, 1.165) is 75.4 Å². The van der Waals surface area contributed by atoms with Crippen molar-refractivity contribution in [1.29, 1.82) is 0 Å². The number of carbonyl (C=O) groups excluding carboxylic acids is 4. The summed E-state index contributed by atoms with van der Waals surface area (Å²) in [6, 6.07) is 21.3. The number of benzene rings is 4. The highest BCUT2D eigenvalue weighted by Gasteiger charge is 2.31. The third-order valence-electron chi connectivity index (χ3n) is 13.8. The third kappa shape index (κ3) is 10.3. The molecular formula is C57H44F4N10O6S. The molecule has 0 saturated carbocycles. The number of thiophene rings is 1. The average Bonchev–Trinajstić information content (AvgIpc) is 4.33. The SMILES string of the molecule is C#Cc1ccc2c(c1C)CC[C@@H]2NC(=O)c1cc(C(=O)NCc2ccc(F)c(F)c2)nc2ccnn12.Cc1c(C(=O)O)ccc2c1CC[C@@H]2NC(=O)c1cc(C(=O)NCc2ccc(F)c(F)c2)nc2c(-c3cccs3)cnn12. The predicted octanol–water partition coefficient (Wildman–Crippen LogP) is 8.73. The molecule has 5 heterocycles. The lowest BCUT2D eigenvalue weighted by molar-refractivity contribution is 0.0694. The number of carbonyl (C=O) groups is 5. The maximum absolute atomic E-state index is 13.7. The van der Waals surface area contributed by atoms with Crippen LogP contribution >= 0.6 is 11.3 Å². The number of hydrogen-bond donors (Lipinski definition) is 5. The van der Waals surface area contributed by atoms with E-state index in [0.29, 0.717) is 46.4 Å². The summed E-state index contributed by atoms with van der Waals surface area (Å²) in [6.07, 6.45) is 11.4. The molecule has 0 unspecified atom stereocenters. The van der Waals surface area contributed by atoms with Crippen molar-refractivity contribution in [1.82, 2.24) is 50.5 Å². The molecule has 4 amide bonds. The fraction of sp³-hybridized carbons (Fsp3) is 0.175. The largest absolute Gasteiger partial charge is 0.478 e. The second-order valence-corrected chi connectivity index (χ2v) is 19.4. The van der Waals surface area contributed by atoms with E-state index in [1.54, 1.807) is 31.3 Å². The molecular weight excluding hydrogens is 1030 g/mol. The topological polar surface area (TPSA) is 214 Å². The Morgan fingerprint density at radius 2 is 1.26 bits per heavy atom. The van der Waals surface area contributed by atoms with Gasteiger partial charge >= 0.3 is 5.97 Å². The van der Waals surface area contributed by atoms with Gasteiger partial charge in [0.25, 0.3) is 23.6 Å². The van der Waals surface area contributed by atoms with Gasteiger partial charge in [-0.2, -0.15) is 10.2 Å². The van der Waals surface area contributed by atoms with Crippen molar-refractivity contribution in [2.45, 2.75) is 64.7 Å². The number of rotatable bonds is 12. The summed E-state index contributed by atoms with van der Waals surface area (Å²) in [5.41, 5.74) is 8.87. The van der Waals surface area contributed by atoms with Crippen LogP contribution in [-0.2, 0) is 25.9 Å². The lowest BCUT2D eigenvalue weighted by Gasteiger charge is -2.16. The molecule has 0 radical (unpaired) electrons. The zero-order valence-corrected chi connectivity index (χ0v) is 42.3. The monoisotopic (exact) mass is 1070 g/mol. The van der Waals surface area contributed by atoms with Gasteiger partial charge < -0.3 is 26.4 Å². The number of terminal acetylenes is 1. The van der Waals surface area contributed by atoms with E-state index >= 15 is 0 Å². The number of aromatic nitrogens is 6. The summed E-state index contributed by atoms with van der Waals surface area (Å²) >= 11 is 1.45. The third-order valence-corrected chi connectivity index (χ3v) is 14.7. The van der Waals surface area contributed by atoms with E-state index in [1.165, 1.54) is 50.8 Å². The molecule has 2 aliphatic carbocycles. The number of carboxylic acid groups (broad SMARTS) is 1. The van der Waals surface area contributed by atoms with Crippen LogP contribution in [0.3, 0.4) is 0 Å². The minimum absolute atomic E-state index is 0.00272. The van der Waals surface area contributed by atoms with Crippen molar-refractivity contribution in [2.75, 3.05) is 0 Å². The highest BCUT2D eigenvalue weighted by atomic mass is 32.1. The zero-order chi connectivity index (χ0) is 54.9. The molecule has 0 bridgehead atoms. The Labute approximate surface area is 445 Å². The summed E-state index contributed by atoms with van der Waals surface area (Å²) in [7, 11) is 0. The van der Waals surface area contributed by atoms with Crippen LogP contribution in [0.15, 0.2) is 109 Å². The zero-order valence-electron chi connectivity index (χ0n) is 41.5. The highest BCUT2D eigenvalue weighted by molar-refractivity contribution is 7.13. The van der Waals surface area contributed by atoms with Gasteiger partial charge in [0.1, 0.15) is 22.8 Å². The second kappa shape index (κ2) is 21.6. The Hall–Kier alpha value is -9.55. The van der Waals surface area contributed by atoms with Crippen LogP contribution in [0.4, 0.5) is 17.6 Å². The Kier molecular flexibility index (Phi) is 14.4. The fourth-order valence-corrected chi connectivity index (χ4v) is 10.5. The molecule has 2 aliphatic rings. The summed E-state index contributed by atoms with van der Waals surface area (Å²) in [4.78, 5) is 74.2. The lowest BCUT2D eigenvalue weighted by Crippen LogP contribution is -2.30. The standard InChI is InChI=1S/C30H23F2N5O4S.C27H21F2N5O2/c1-15-17-7-9-23(19(17)6-5-18(15)30(40)41)36-29(39)25-12-24(28(38)33-13-16-4-8-21(31)22(32)11-16)35-27-20(14-34-37(25)27)26-3-2-10-42-26;1-3-17-5-6-19-18(15(17)2)7-9-22(19)33-27(36)24-13-23(32-25-10-11-31-34(24)25)26(35)30-14-16-4-8-20(28)21(29)12-16/h2-6,8,10-12,14,23H,7,9,13H2,1H3,(H,33,38)(H,36,39)(H,40,41);1,4-6,8,10-13,22H,7,9,14H2,2H3,(H,30,35)(H,33,36)/t23-;22-/m00/s1. The van der Waals surface area contributed by atoms with Crippen molar-refractivity contribution >= 4 is 52.2 Å². The Morgan fingerprint density at radius 3 is 1.82 bits per heavy atom. The van der Waals surface area contributed by atoms with Crippen molar-refractivity contribution in [3.05, 3.63) is 210 Å².